The molecule has 0 bridgehead atoms. The fraction of sp³-hybridized carbons (Fsp3) is 0.462. The van der Waals surface area contributed by atoms with Crippen LogP contribution in [0.4, 0.5) is 10.5 Å². The number of nitrogens with zero attached hydrogens (tertiary/aromatic N) is 1. The van der Waals surface area contributed by atoms with Gasteiger partial charge < -0.3 is 15.2 Å². The summed E-state index contributed by atoms with van der Waals surface area (Å²) >= 11 is 0. The van der Waals surface area contributed by atoms with Gasteiger partial charge in [-0.25, -0.2) is 4.79 Å². The van der Waals surface area contributed by atoms with E-state index in [0.29, 0.717) is 5.56 Å². The minimum Gasteiger partial charge on any atom is -0.444 e. The molecule has 2 N–H and O–H groups in total. The average molecular weight is 282 g/mol. The summed E-state index contributed by atoms with van der Waals surface area (Å²) in [5.74, 6) is 0. The molecule has 0 aromatic heterocycles. The number of nitro groups is 1. The molecule has 7 nitrogen and oxygen atoms in total. The molecule has 1 amide bonds. The molecule has 0 aliphatic carbocycles. The van der Waals surface area contributed by atoms with Crippen molar-refractivity contribution in [2.75, 3.05) is 6.61 Å². The Labute approximate surface area is 116 Å². The molecule has 0 saturated heterocycles. The van der Waals surface area contributed by atoms with Crippen molar-refractivity contribution in [1.82, 2.24) is 5.32 Å². The van der Waals surface area contributed by atoms with E-state index in [0.717, 1.165) is 0 Å². The summed E-state index contributed by atoms with van der Waals surface area (Å²) in [6, 6.07) is 4.92. The lowest BCUT2D eigenvalue weighted by molar-refractivity contribution is -0.384. The van der Waals surface area contributed by atoms with E-state index in [4.69, 9.17) is 4.74 Å². The highest BCUT2D eigenvalue weighted by Gasteiger charge is 2.20. The number of carbonyl (C=O) groups is 1. The number of nitro benzene ring substituents is 1. The maximum Gasteiger partial charge on any atom is 0.408 e. The maximum atomic E-state index is 11.6. The van der Waals surface area contributed by atoms with E-state index >= 15 is 0 Å². The standard InChI is InChI=1S/C13H18N2O5/c1-13(2,3)20-12(17)14-11(8-16)9-4-6-10(7-5-9)15(18)19/h4-7,11,16H,8H2,1-3H3,(H,14,17)/t11-/m0/s1. The molecule has 20 heavy (non-hydrogen) atoms. The number of nitrogens with one attached hydrogen (secondary N) is 1. The molecule has 0 spiro atoms. The fourth-order valence-corrected chi connectivity index (χ4v) is 1.51. The highest BCUT2D eigenvalue weighted by molar-refractivity contribution is 5.68. The SMILES string of the molecule is CC(C)(C)OC(=O)N[C@@H](CO)c1ccc([N+](=O)[O-])cc1. The summed E-state index contributed by atoms with van der Waals surface area (Å²) in [7, 11) is 0. The molecule has 0 aliphatic heterocycles. The van der Waals surface area contributed by atoms with Gasteiger partial charge in [0.15, 0.2) is 0 Å². The van der Waals surface area contributed by atoms with E-state index in [-0.39, 0.29) is 12.3 Å². The van der Waals surface area contributed by atoms with Gasteiger partial charge in [-0.2, -0.15) is 0 Å². The van der Waals surface area contributed by atoms with E-state index in [9.17, 15) is 20.0 Å². The van der Waals surface area contributed by atoms with Crippen LogP contribution in [0.15, 0.2) is 24.3 Å². The smallest absolute Gasteiger partial charge is 0.408 e. The van der Waals surface area contributed by atoms with Gasteiger partial charge in [0.1, 0.15) is 5.60 Å². The van der Waals surface area contributed by atoms with Crippen molar-refractivity contribution in [2.24, 2.45) is 0 Å². The van der Waals surface area contributed by atoms with Crippen LogP contribution >= 0.6 is 0 Å². The van der Waals surface area contributed by atoms with Gasteiger partial charge in [-0.3, -0.25) is 10.1 Å². The lowest BCUT2D eigenvalue weighted by Gasteiger charge is -2.22. The van der Waals surface area contributed by atoms with Gasteiger partial charge >= 0.3 is 6.09 Å². The van der Waals surface area contributed by atoms with Gasteiger partial charge in [-0.1, -0.05) is 12.1 Å². The number of rotatable bonds is 4. The van der Waals surface area contributed by atoms with Crippen LogP contribution in [-0.4, -0.2) is 28.3 Å². The van der Waals surface area contributed by atoms with Crippen LogP contribution in [0.1, 0.15) is 32.4 Å². The number of amides is 1. The number of benzene rings is 1. The van der Waals surface area contributed by atoms with Gasteiger partial charge in [0, 0.05) is 12.1 Å². The number of alkyl carbamates (subject to hydrolysis) is 1. The van der Waals surface area contributed by atoms with E-state index in [1.165, 1.54) is 24.3 Å². The summed E-state index contributed by atoms with van der Waals surface area (Å²) in [5, 5.41) is 22.4. The quantitative estimate of drug-likeness (QED) is 0.650. The average Bonchev–Trinajstić information content (AvgIpc) is 2.34. The highest BCUT2D eigenvalue weighted by atomic mass is 16.6. The summed E-state index contributed by atoms with van der Waals surface area (Å²) in [4.78, 5) is 21.7. The zero-order chi connectivity index (χ0) is 15.3. The van der Waals surface area contributed by atoms with Crippen LogP contribution in [0.5, 0.6) is 0 Å². The van der Waals surface area contributed by atoms with Crippen molar-refractivity contribution >= 4 is 11.8 Å². The molecule has 0 fully saturated rings. The molecule has 0 unspecified atom stereocenters. The number of ether oxygens (including phenoxy) is 1. The van der Waals surface area contributed by atoms with Crippen LogP contribution in [0, 0.1) is 10.1 Å². The second kappa shape index (κ2) is 6.33. The minimum absolute atomic E-state index is 0.0530. The predicted molar refractivity (Wildman–Crippen MR) is 72.3 cm³/mol. The number of carbonyl (C=O) groups excluding carboxylic acids is 1. The molecule has 1 rings (SSSR count). The molecule has 0 saturated carbocycles. The van der Waals surface area contributed by atoms with Crippen molar-refractivity contribution in [3.8, 4) is 0 Å². The molecule has 0 heterocycles. The zero-order valence-electron chi connectivity index (χ0n) is 11.6. The maximum absolute atomic E-state index is 11.6. The van der Waals surface area contributed by atoms with E-state index in [2.05, 4.69) is 5.32 Å². The van der Waals surface area contributed by atoms with Crippen LogP contribution < -0.4 is 5.32 Å². The molecule has 0 aliphatic rings. The molecule has 1 aromatic rings. The molecular weight excluding hydrogens is 264 g/mol. The van der Waals surface area contributed by atoms with Gasteiger partial charge in [0.2, 0.25) is 0 Å². The monoisotopic (exact) mass is 282 g/mol. The molecule has 1 atom stereocenters. The Morgan fingerprint density at radius 1 is 1.40 bits per heavy atom. The van der Waals surface area contributed by atoms with E-state index < -0.39 is 22.7 Å². The van der Waals surface area contributed by atoms with Crippen molar-refractivity contribution in [3.63, 3.8) is 0 Å². The van der Waals surface area contributed by atoms with E-state index in [1.807, 2.05) is 0 Å². The molecule has 1 aromatic carbocycles. The first kappa shape index (κ1) is 15.9. The van der Waals surface area contributed by atoms with Crippen molar-refractivity contribution in [3.05, 3.63) is 39.9 Å². The van der Waals surface area contributed by atoms with Gasteiger partial charge in [0.25, 0.3) is 5.69 Å². The number of hydrogen-bond acceptors (Lipinski definition) is 5. The summed E-state index contributed by atoms with van der Waals surface area (Å²) in [6.07, 6.45) is -0.657. The van der Waals surface area contributed by atoms with Crippen molar-refractivity contribution < 1.29 is 19.6 Å². The summed E-state index contributed by atoms with van der Waals surface area (Å²) < 4.78 is 5.08. The second-order valence-corrected chi connectivity index (χ2v) is 5.23. The number of aliphatic hydroxyl groups is 1. The summed E-state index contributed by atoms with van der Waals surface area (Å²) in [5.41, 5.74) is -0.133. The molecular formula is C13H18N2O5. The van der Waals surface area contributed by atoms with Gasteiger partial charge in [0.05, 0.1) is 17.6 Å². The first-order valence-corrected chi connectivity index (χ1v) is 6.07. The van der Waals surface area contributed by atoms with Crippen LogP contribution in [0.2, 0.25) is 0 Å². The minimum atomic E-state index is -0.675. The van der Waals surface area contributed by atoms with Crippen molar-refractivity contribution in [1.29, 1.82) is 0 Å². The Kier molecular flexibility index (Phi) is 5.04. The van der Waals surface area contributed by atoms with Gasteiger partial charge in [-0.05, 0) is 26.3 Å². The highest BCUT2D eigenvalue weighted by Crippen LogP contribution is 2.18. The number of aliphatic hydroxyl groups excluding tert-OH is 1. The van der Waals surface area contributed by atoms with Crippen molar-refractivity contribution in [2.45, 2.75) is 32.4 Å². The Morgan fingerprint density at radius 3 is 2.35 bits per heavy atom. The molecule has 0 radical (unpaired) electrons. The third-order valence-electron chi connectivity index (χ3n) is 2.38. The number of non-ortho nitro benzene ring substituents is 1. The third-order valence-corrected chi connectivity index (χ3v) is 2.38. The Morgan fingerprint density at radius 2 is 1.95 bits per heavy atom. The lowest BCUT2D eigenvalue weighted by Crippen LogP contribution is -2.36. The molecule has 7 heteroatoms. The molecule has 110 valence electrons. The fourth-order valence-electron chi connectivity index (χ4n) is 1.51. The Hall–Kier alpha value is -2.15. The summed E-state index contributed by atoms with van der Waals surface area (Å²) in [6.45, 7) is 4.85. The van der Waals surface area contributed by atoms with Crippen LogP contribution in [-0.2, 0) is 4.74 Å². The first-order valence-electron chi connectivity index (χ1n) is 6.07. The lowest BCUT2D eigenvalue weighted by atomic mass is 10.1. The number of hydrogen-bond donors (Lipinski definition) is 2. The zero-order valence-corrected chi connectivity index (χ0v) is 11.6. The van der Waals surface area contributed by atoms with Crippen LogP contribution in [0.25, 0.3) is 0 Å². The predicted octanol–water partition coefficient (Wildman–Crippen LogP) is 2.15. The normalized spacial score (nSPS) is 12.6. The Bertz CT molecular complexity index is 479. The van der Waals surface area contributed by atoms with Gasteiger partial charge in [-0.15, -0.1) is 0 Å². The first-order chi connectivity index (χ1) is 9.23. The van der Waals surface area contributed by atoms with Crippen LogP contribution in [0.3, 0.4) is 0 Å². The van der Waals surface area contributed by atoms with E-state index in [1.54, 1.807) is 20.8 Å². The Balaban J connectivity index is 2.75. The topological polar surface area (TPSA) is 102 Å². The largest absolute Gasteiger partial charge is 0.444 e. The third kappa shape index (κ3) is 4.85. The second-order valence-electron chi connectivity index (χ2n) is 5.23.